The van der Waals surface area contributed by atoms with Crippen LogP contribution in [0.3, 0.4) is 0 Å². The third-order valence-electron chi connectivity index (χ3n) is 2.23. The highest BCUT2D eigenvalue weighted by atomic mass is 16.5. The van der Waals surface area contributed by atoms with Crippen LogP contribution in [0.5, 0.6) is 5.88 Å². The summed E-state index contributed by atoms with van der Waals surface area (Å²) < 4.78 is 4.95. The molecule has 0 aliphatic rings. The number of nitrogens with zero attached hydrogens (tertiary/aromatic N) is 2. The van der Waals surface area contributed by atoms with Crippen LogP contribution in [-0.2, 0) is 4.79 Å². The summed E-state index contributed by atoms with van der Waals surface area (Å²) >= 11 is 0. The van der Waals surface area contributed by atoms with E-state index < -0.39 is 5.97 Å². The van der Waals surface area contributed by atoms with Crippen LogP contribution < -0.4 is 10.1 Å². The lowest BCUT2D eigenvalue weighted by Crippen LogP contribution is -2.23. The van der Waals surface area contributed by atoms with Crippen molar-refractivity contribution in [2.24, 2.45) is 0 Å². The summed E-state index contributed by atoms with van der Waals surface area (Å²) in [5.74, 6) is 0.108. The molecule has 1 aromatic heterocycles. The number of carboxylic acid groups (broad SMARTS) is 1. The number of anilines is 1. The lowest BCUT2D eigenvalue weighted by atomic mass is 10.1. The molecule has 0 aliphatic carbocycles. The third kappa shape index (κ3) is 4.67. The standard InChI is InChI=1S/C11H17N3O3/c1-3-4-8(5-11(15)16)13-9-6-12-7-10(14-9)17-2/h6-8H,3-5H2,1-2H3,(H,13,14)(H,15,16). The highest BCUT2D eigenvalue weighted by molar-refractivity contribution is 5.68. The number of methoxy groups -OCH3 is 1. The van der Waals surface area contributed by atoms with Gasteiger partial charge in [-0.15, -0.1) is 0 Å². The number of carbonyl (C=O) groups is 1. The maximum Gasteiger partial charge on any atom is 0.305 e. The van der Waals surface area contributed by atoms with E-state index in [9.17, 15) is 4.79 Å². The van der Waals surface area contributed by atoms with Crippen molar-refractivity contribution in [2.45, 2.75) is 32.2 Å². The van der Waals surface area contributed by atoms with Gasteiger partial charge < -0.3 is 15.2 Å². The minimum absolute atomic E-state index is 0.0622. The quantitative estimate of drug-likeness (QED) is 0.750. The summed E-state index contributed by atoms with van der Waals surface area (Å²) in [4.78, 5) is 18.8. The molecule has 1 heterocycles. The van der Waals surface area contributed by atoms with Crippen LogP contribution in [0.15, 0.2) is 12.4 Å². The van der Waals surface area contributed by atoms with Gasteiger partial charge in [0.15, 0.2) is 0 Å². The SMILES string of the molecule is CCCC(CC(=O)O)Nc1cncc(OC)n1. The van der Waals surface area contributed by atoms with Crippen molar-refractivity contribution in [1.29, 1.82) is 0 Å². The molecule has 1 unspecified atom stereocenters. The molecule has 1 aromatic rings. The highest BCUT2D eigenvalue weighted by Gasteiger charge is 2.13. The molecule has 0 saturated heterocycles. The first-order valence-electron chi connectivity index (χ1n) is 5.50. The van der Waals surface area contributed by atoms with Crippen molar-refractivity contribution in [3.05, 3.63) is 12.4 Å². The van der Waals surface area contributed by atoms with Crippen LogP contribution in [0.4, 0.5) is 5.82 Å². The minimum atomic E-state index is -0.827. The van der Waals surface area contributed by atoms with Crippen LogP contribution in [0.1, 0.15) is 26.2 Å². The first-order chi connectivity index (χ1) is 8.15. The molecule has 2 N–H and O–H groups in total. The normalized spacial score (nSPS) is 11.9. The second-order valence-electron chi connectivity index (χ2n) is 3.67. The number of aromatic nitrogens is 2. The molecule has 6 heteroatoms. The van der Waals surface area contributed by atoms with E-state index in [0.29, 0.717) is 11.7 Å². The first-order valence-corrected chi connectivity index (χ1v) is 5.50. The van der Waals surface area contributed by atoms with Crippen LogP contribution in [-0.4, -0.2) is 34.2 Å². The Morgan fingerprint density at radius 3 is 2.94 bits per heavy atom. The molecule has 6 nitrogen and oxygen atoms in total. The highest BCUT2D eigenvalue weighted by Crippen LogP contribution is 2.13. The van der Waals surface area contributed by atoms with Crippen molar-refractivity contribution in [3.63, 3.8) is 0 Å². The molecule has 0 saturated carbocycles. The van der Waals surface area contributed by atoms with Crippen molar-refractivity contribution in [3.8, 4) is 5.88 Å². The van der Waals surface area contributed by atoms with Gasteiger partial charge in [0.1, 0.15) is 5.82 Å². The van der Waals surface area contributed by atoms with E-state index in [1.807, 2.05) is 6.92 Å². The molecule has 0 aliphatic heterocycles. The second kappa shape index (κ2) is 6.67. The smallest absolute Gasteiger partial charge is 0.305 e. The average molecular weight is 239 g/mol. The molecule has 0 radical (unpaired) electrons. The molecule has 1 atom stereocenters. The predicted octanol–water partition coefficient (Wildman–Crippen LogP) is 1.54. The number of nitrogens with one attached hydrogen (secondary N) is 1. The van der Waals surface area contributed by atoms with Gasteiger partial charge in [-0.2, -0.15) is 4.98 Å². The summed E-state index contributed by atoms with van der Waals surface area (Å²) in [5.41, 5.74) is 0. The molecule has 0 bridgehead atoms. The Balaban J connectivity index is 2.67. The molecule has 17 heavy (non-hydrogen) atoms. The number of hydrogen-bond acceptors (Lipinski definition) is 5. The Bertz CT molecular complexity index is 371. The number of carboxylic acids is 1. The molecule has 0 fully saturated rings. The van der Waals surface area contributed by atoms with Gasteiger partial charge in [-0.05, 0) is 6.42 Å². The van der Waals surface area contributed by atoms with Gasteiger partial charge in [0.25, 0.3) is 0 Å². The Morgan fingerprint density at radius 1 is 1.59 bits per heavy atom. The van der Waals surface area contributed by atoms with E-state index in [-0.39, 0.29) is 12.5 Å². The number of hydrogen-bond donors (Lipinski definition) is 2. The van der Waals surface area contributed by atoms with E-state index in [2.05, 4.69) is 15.3 Å². The van der Waals surface area contributed by atoms with Gasteiger partial charge in [0.2, 0.25) is 5.88 Å². The van der Waals surface area contributed by atoms with Gasteiger partial charge >= 0.3 is 5.97 Å². The van der Waals surface area contributed by atoms with Crippen LogP contribution in [0.2, 0.25) is 0 Å². The number of rotatable bonds is 7. The zero-order valence-electron chi connectivity index (χ0n) is 10.0. The maximum atomic E-state index is 10.7. The first kappa shape index (κ1) is 13.2. The third-order valence-corrected chi connectivity index (χ3v) is 2.23. The topological polar surface area (TPSA) is 84.3 Å². The minimum Gasteiger partial charge on any atom is -0.481 e. The van der Waals surface area contributed by atoms with E-state index >= 15 is 0 Å². The molecule has 0 aromatic carbocycles. The number of aliphatic carboxylic acids is 1. The van der Waals surface area contributed by atoms with Crippen LogP contribution >= 0.6 is 0 Å². The van der Waals surface area contributed by atoms with Gasteiger partial charge in [-0.1, -0.05) is 13.3 Å². The fourth-order valence-corrected chi connectivity index (χ4v) is 1.51. The number of ether oxygens (including phenoxy) is 1. The van der Waals surface area contributed by atoms with Gasteiger partial charge in [-0.3, -0.25) is 9.78 Å². The Labute approximate surface area is 100 Å². The van der Waals surface area contributed by atoms with Gasteiger partial charge in [0.05, 0.1) is 25.9 Å². The zero-order valence-corrected chi connectivity index (χ0v) is 10.0. The fraction of sp³-hybridized carbons (Fsp3) is 0.545. The van der Waals surface area contributed by atoms with E-state index in [4.69, 9.17) is 9.84 Å². The summed E-state index contributed by atoms with van der Waals surface area (Å²) in [6.07, 6.45) is 4.78. The zero-order chi connectivity index (χ0) is 12.7. The van der Waals surface area contributed by atoms with Crippen molar-refractivity contribution >= 4 is 11.8 Å². The van der Waals surface area contributed by atoms with Crippen molar-refractivity contribution in [2.75, 3.05) is 12.4 Å². The monoisotopic (exact) mass is 239 g/mol. The summed E-state index contributed by atoms with van der Waals surface area (Å²) in [6, 6.07) is -0.140. The van der Waals surface area contributed by atoms with E-state index in [1.54, 1.807) is 6.20 Å². The Kier molecular flexibility index (Phi) is 5.19. The molecule has 1 rings (SSSR count). The lowest BCUT2D eigenvalue weighted by molar-refractivity contribution is -0.137. The fourth-order valence-electron chi connectivity index (χ4n) is 1.51. The summed E-state index contributed by atoms with van der Waals surface area (Å²) in [7, 11) is 1.51. The average Bonchev–Trinajstić information content (AvgIpc) is 2.29. The Morgan fingerprint density at radius 2 is 2.35 bits per heavy atom. The molecular weight excluding hydrogens is 222 g/mol. The van der Waals surface area contributed by atoms with Crippen LogP contribution in [0, 0.1) is 0 Å². The van der Waals surface area contributed by atoms with Crippen molar-refractivity contribution < 1.29 is 14.6 Å². The molecular formula is C11H17N3O3. The molecule has 94 valence electrons. The maximum absolute atomic E-state index is 10.7. The van der Waals surface area contributed by atoms with E-state index in [1.165, 1.54) is 13.3 Å². The van der Waals surface area contributed by atoms with E-state index in [0.717, 1.165) is 12.8 Å². The predicted molar refractivity (Wildman–Crippen MR) is 63.2 cm³/mol. The van der Waals surface area contributed by atoms with Gasteiger partial charge in [0, 0.05) is 6.04 Å². The van der Waals surface area contributed by atoms with Crippen LogP contribution in [0.25, 0.3) is 0 Å². The largest absolute Gasteiger partial charge is 0.481 e. The molecule has 0 amide bonds. The summed E-state index contributed by atoms with van der Waals surface area (Å²) in [5, 5.41) is 11.8. The van der Waals surface area contributed by atoms with Crippen molar-refractivity contribution in [1.82, 2.24) is 9.97 Å². The van der Waals surface area contributed by atoms with Gasteiger partial charge in [-0.25, -0.2) is 0 Å². The lowest BCUT2D eigenvalue weighted by Gasteiger charge is -2.16. The Hall–Kier alpha value is -1.85. The summed E-state index contributed by atoms with van der Waals surface area (Å²) in [6.45, 7) is 2.01. The second-order valence-corrected chi connectivity index (χ2v) is 3.67. The molecule has 0 spiro atoms.